The molecular formula is C20H16N6O4. The number of aromatic nitrogens is 4. The average molecular weight is 404 g/mol. The number of nitrogens with zero attached hydrogens (tertiary/aromatic N) is 5. The second-order valence-electron chi connectivity index (χ2n) is 6.38. The van der Waals surface area contributed by atoms with Crippen molar-refractivity contribution in [3.05, 3.63) is 88.2 Å². The Kier molecular flexibility index (Phi) is 5.04. The van der Waals surface area contributed by atoms with E-state index in [-0.39, 0.29) is 17.9 Å². The Hall–Kier alpha value is -4.34. The molecule has 0 radical (unpaired) electrons. The van der Waals surface area contributed by atoms with Gasteiger partial charge in [0.25, 0.3) is 11.6 Å². The third-order valence-electron chi connectivity index (χ3n) is 4.41. The lowest BCUT2D eigenvalue weighted by molar-refractivity contribution is -0.384. The van der Waals surface area contributed by atoms with Crippen LogP contribution in [-0.2, 0) is 6.54 Å². The molecule has 0 aliphatic carbocycles. The summed E-state index contributed by atoms with van der Waals surface area (Å²) in [5.74, 6) is 0.502. The molecule has 0 unspecified atom stereocenters. The van der Waals surface area contributed by atoms with Gasteiger partial charge in [0, 0.05) is 17.7 Å². The summed E-state index contributed by atoms with van der Waals surface area (Å²) in [6.45, 7) is 1.74. The van der Waals surface area contributed by atoms with Gasteiger partial charge in [-0.3, -0.25) is 14.9 Å². The average Bonchev–Trinajstić information content (AvgIpc) is 3.39. The van der Waals surface area contributed by atoms with Crippen LogP contribution < -0.4 is 5.32 Å². The molecule has 0 saturated heterocycles. The predicted octanol–water partition coefficient (Wildman–Crippen LogP) is 3.07. The number of nitro groups is 1. The van der Waals surface area contributed by atoms with E-state index in [2.05, 4.69) is 20.6 Å². The van der Waals surface area contributed by atoms with Crippen LogP contribution in [0.4, 0.5) is 5.69 Å². The molecule has 30 heavy (non-hydrogen) atoms. The summed E-state index contributed by atoms with van der Waals surface area (Å²) in [5, 5.41) is 21.5. The van der Waals surface area contributed by atoms with Crippen molar-refractivity contribution < 1.29 is 14.1 Å². The third kappa shape index (κ3) is 3.78. The number of oxazole rings is 1. The molecule has 0 saturated carbocycles. The highest BCUT2D eigenvalue weighted by Gasteiger charge is 2.19. The molecule has 0 fully saturated rings. The van der Waals surface area contributed by atoms with E-state index in [0.29, 0.717) is 23.0 Å². The topological polar surface area (TPSA) is 129 Å². The van der Waals surface area contributed by atoms with Crippen molar-refractivity contribution in [2.75, 3.05) is 0 Å². The highest BCUT2D eigenvalue weighted by Crippen LogP contribution is 2.20. The lowest BCUT2D eigenvalue weighted by Crippen LogP contribution is -2.24. The molecule has 10 heteroatoms. The van der Waals surface area contributed by atoms with Crippen LogP contribution in [0.5, 0.6) is 0 Å². The third-order valence-corrected chi connectivity index (χ3v) is 4.41. The minimum absolute atomic E-state index is 0.0773. The molecule has 0 atom stereocenters. The second-order valence-corrected chi connectivity index (χ2v) is 6.38. The van der Waals surface area contributed by atoms with Crippen molar-refractivity contribution in [1.82, 2.24) is 25.3 Å². The first kappa shape index (κ1) is 19.0. The number of carbonyl (C=O) groups excluding carboxylic acids is 1. The van der Waals surface area contributed by atoms with Crippen LogP contribution >= 0.6 is 0 Å². The number of carbonyl (C=O) groups is 1. The van der Waals surface area contributed by atoms with Crippen molar-refractivity contribution in [2.24, 2.45) is 0 Å². The molecule has 2 heterocycles. The maximum atomic E-state index is 12.5. The van der Waals surface area contributed by atoms with Crippen LogP contribution in [0.15, 0.2) is 65.2 Å². The molecule has 0 aliphatic heterocycles. The minimum atomic E-state index is -0.497. The molecule has 2 aromatic carbocycles. The predicted molar refractivity (Wildman–Crippen MR) is 106 cm³/mol. The summed E-state index contributed by atoms with van der Waals surface area (Å²) >= 11 is 0. The smallest absolute Gasteiger partial charge is 0.274 e. The molecule has 0 bridgehead atoms. The van der Waals surface area contributed by atoms with Gasteiger partial charge in [-0.2, -0.15) is 0 Å². The molecule has 150 valence electrons. The highest BCUT2D eigenvalue weighted by atomic mass is 16.6. The zero-order chi connectivity index (χ0) is 21.1. The monoisotopic (exact) mass is 404 g/mol. The minimum Gasteiger partial charge on any atom is -0.439 e. The number of amides is 1. The normalized spacial score (nSPS) is 10.7. The summed E-state index contributed by atoms with van der Waals surface area (Å²) in [6.07, 6.45) is 1.60. The summed E-state index contributed by atoms with van der Waals surface area (Å²) in [4.78, 5) is 27.2. The van der Waals surface area contributed by atoms with Gasteiger partial charge in [0.05, 0.1) is 29.0 Å². The highest BCUT2D eigenvalue weighted by molar-refractivity contribution is 5.93. The quantitative estimate of drug-likeness (QED) is 0.386. The maximum absolute atomic E-state index is 12.5. The van der Waals surface area contributed by atoms with Gasteiger partial charge in [0.2, 0.25) is 5.89 Å². The number of rotatable bonds is 6. The van der Waals surface area contributed by atoms with Crippen LogP contribution in [-0.4, -0.2) is 30.8 Å². The Morgan fingerprint density at radius 3 is 2.77 bits per heavy atom. The van der Waals surface area contributed by atoms with Crippen LogP contribution in [0.1, 0.15) is 22.1 Å². The van der Waals surface area contributed by atoms with Crippen molar-refractivity contribution >= 4 is 11.6 Å². The van der Waals surface area contributed by atoms with E-state index in [4.69, 9.17) is 4.42 Å². The summed E-state index contributed by atoms with van der Waals surface area (Å²) in [5.41, 5.74) is 1.81. The van der Waals surface area contributed by atoms with Gasteiger partial charge >= 0.3 is 0 Å². The van der Waals surface area contributed by atoms with E-state index in [9.17, 15) is 14.9 Å². The van der Waals surface area contributed by atoms with Crippen molar-refractivity contribution in [1.29, 1.82) is 0 Å². The fourth-order valence-corrected chi connectivity index (χ4v) is 2.89. The van der Waals surface area contributed by atoms with Crippen LogP contribution in [0.2, 0.25) is 0 Å². The molecular weight excluding hydrogens is 388 g/mol. The van der Waals surface area contributed by atoms with Crippen molar-refractivity contribution in [3.63, 3.8) is 0 Å². The first-order chi connectivity index (χ1) is 14.5. The van der Waals surface area contributed by atoms with Gasteiger partial charge in [-0.05, 0) is 13.0 Å². The number of nitrogens with one attached hydrogen (secondary N) is 1. The SMILES string of the molecule is Cc1c(C(=O)NCc2ncc(-c3ccccc3)o2)nnn1-c1cccc([N+](=O)[O-])c1. The number of hydrogen-bond acceptors (Lipinski definition) is 7. The van der Waals surface area contributed by atoms with E-state index in [0.717, 1.165) is 5.56 Å². The maximum Gasteiger partial charge on any atom is 0.274 e. The molecule has 10 nitrogen and oxygen atoms in total. The van der Waals surface area contributed by atoms with Crippen molar-refractivity contribution in [2.45, 2.75) is 13.5 Å². The van der Waals surface area contributed by atoms with Crippen LogP contribution in [0, 0.1) is 17.0 Å². The number of hydrogen-bond donors (Lipinski definition) is 1. The molecule has 0 spiro atoms. The zero-order valence-electron chi connectivity index (χ0n) is 15.8. The Morgan fingerprint density at radius 2 is 2.00 bits per heavy atom. The van der Waals surface area contributed by atoms with E-state index in [1.54, 1.807) is 25.3 Å². The Bertz CT molecular complexity index is 1220. The van der Waals surface area contributed by atoms with Crippen LogP contribution in [0.25, 0.3) is 17.0 Å². The Labute approximate surface area is 170 Å². The van der Waals surface area contributed by atoms with Crippen LogP contribution in [0.3, 0.4) is 0 Å². The number of nitro benzene ring substituents is 1. The van der Waals surface area contributed by atoms with Gasteiger partial charge < -0.3 is 9.73 Å². The first-order valence-corrected chi connectivity index (χ1v) is 8.98. The van der Waals surface area contributed by atoms with Gasteiger partial charge in [-0.1, -0.05) is 41.6 Å². The van der Waals surface area contributed by atoms with E-state index >= 15 is 0 Å². The van der Waals surface area contributed by atoms with E-state index < -0.39 is 10.8 Å². The molecule has 4 rings (SSSR count). The van der Waals surface area contributed by atoms with E-state index in [1.165, 1.54) is 16.8 Å². The van der Waals surface area contributed by atoms with Crippen molar-refractivity contribution in [3.8, 4) is 17.0 Å². The molecule has 0 aliphatic rings. The lowest BCUT2D eigenvalue weighted by Gasteiger charge is -2.04. The zero-order valence-corrected chi connectivity index (χ0v) is 15.8. The standard InChI is InChI=1S/C20H16N6O4/c1-13-19(23-24-25(13)15-8-5-9-16(10-15)26(28)29)20(27)22-12-18-21-11-17(30-18)14-6-3-2-4-7-14/h2-11H,12H2,1H3,(H,22,27). The summed E-state index contributed by atoms with van der Waals surface area (Å²) < 4.78 is 7.04. The fourth-order valence-electron chi connectivity index (χ4n) is 2.89. The summed E-state index contributed by atoms with van der Waals surface area (Å²) in [7, 11) is 0. The lowest BCUT2D eigenvalue weighted by atomic mass is 10.2. The molecule has 1 N–H and O–H groups in total. The van der Waals surface area contributed by atoms with E-state index in [1.807, 2.05) is 30.3 Å². The summed E-state index contributed by atoms with van der Waals surface area (Å²) in [6, 6.07) is 15.4. The fraction of sp³-hybridized carbons (Fsp3) is 0.100. The van der Waals surface area contributed by atoms with Gasteiger partial charge in [-0.15, -0.1) is 5.10 Å². The van der Waals surface area contributed by atoms with Gasteiger partial charge in [-0.25, -0.2) is 9.67 Å². The van der Waals surface area contributed by atoms with Gasteiger partial charge in [0.1, 0.15) is 0 Å². The molecule has 2 aromatic heterocycles. The van der Waals surface area contributed by atoms with Gasteiger partial charge in [0.15, 0.2) is 11.5 Å². The first-order valence-electron chi connectivity index (χ1n) is 8.98. The second kappa shape index (κ2) is 7.95. The number of benzene rings is 2. The Morgan fingerprint density at radius 1 is 1.20 bits per heavy atom. The Balaban J connectivity index is 1.47. The molecule has 1 amide bonds. The molecule has 4 aromatic rings. The largest absolute Gasteiger partial charge is 0.439 e. The number of non-ortho nitro benzene ring substituents is 1.